The molecule has 256 valence electrons. The summed E-state index contributed by atoms with van der Waals surface area (Å²) >= 11 is 0.194. The molecular formula is C29H19Cl2F12FeN3. The quantitative estimate of drug-likeness (QED) is 0.189. The molecule has 0 aliphatic heterocycles. The maximum absolute atomic E-state index is 13.4. The number of aromatic nitrogens is 1. The van der Waals surface area contributed by atoms with Crippen LogP contribution in [0.3, 0.4) is 0 Å². The summed E-state index contributed by atoms with van der Waals surface area (Å²) in [6.45, 7) is 0. The van der Waals surface area contributed by atoms with Crippen LogP contribution in [-0.2, 0) is 50.7 Å². The fourth-order valence-corrected chi connectivity index (χ4v) is 5.15. The molecule has 0 amide bonds. The molecule has 3 nitrogen and oxygen atoms in total. The fourth-order valence-electron chi connectivity index (χ4n) is 5.15. The van der Waals surface area contributed by atoms with Crippen molar-refractivity contribution in [2.45, 2.75) is 63.2 Å². The van der Waals surface area contributed by atoms with Crippen LogP contribution >= 0.6 is 20.2 Å². The van der Waals surface area contributed by atoms with Gasteiger partial charge in [-0.15, -0.1) is 0 Å². The van der Waals surface area contributed by atoms with Gasteiger partial charge in [0, 0.05) is 0 Å². The van der Waals surface area contributed by atoms with Gasteiger partial charge in [0.25, 0.3) is 0 Å². The molecular weight excluding hydrogens is 745 g/mol. The van der Waals surface area contributed by atoms with E-state index in [0.717, 1.165) is 0 Å². The molecule has 0 bridgehead atoms. The van der Waals surface area contributed by atoms with Crippen LogP contribution in [0.15, 0.2) is 52.4 Å². The van der Waals surface area contributed by atoms with E-state index < -0.39 is 58.3 Å². The van der Waals surface area contributed by atoms with Crippen molar-refractivity contribution < 1.29 is 65.8 Å². The van der Waals surface area contributed by atoms with Crippen molar-refractivity contribution in [3.63, 3.8) is 0 Å². The standard InChI is InChI=1S/C29H19F12N3.2ClH.Fe/c30-26(31,32)16-8-17(27(33,34)35)11-20(10-16)42-22-5-1-3-14-7-15-4-2-6-23(25(15)44-24(14)22)43-21-12-18(28(36,37)38)9-19(13-21)29(39,40)41;;;/h7-13H,1-6H2;2*1H;/q;;;+2/p-2. The van der Waals surface area contributed by atoms with Crippen LogP contribution in [0, 0.1) is 0 Å². The monoisotopic (exact) mass is 763 g/mol. The maximum atomic E-state index is 13.4. The van der Waals surface area contributed by atoms with Crippen LogP contribution in [0.5, 0.6) is 0 Å². The normalized spacial score (nSPS) is 17.3. The first-order chi connectivity index (χ1) is 21.7. The molecule has 2 aliphatic carbocycles. The Morgan fingerprint density at radius 3 is 1.06 bits per heavy atom. The summed E-state index contributed by atoms with van der Waals surface area (Å²) in [6, 6.07) is 3.59. The molecule has 18 heteroatoms. The second kappa shape index (κ2) is 14.0. The molecule has 0 saturated heterocycles. The third kappa shape index (κ3) is 9.21. The second-order valence-corrected chi connectivity index (χ2v) is 12.2. The third-order valence-electron chi connectivity index (χ3n) is 7.12. The van der Waals surface area contributed by atoms with Crippen LogP contribution < -0.4 is 0 Å². The van der Waals surface area contributed by atoms with E-state index in [4.69, 9.17) is 20.2 Å². The number of hydrogen-bond donors (Lipinski definition) is 0. The van der Waals surface area contributed by atoms with Crippen LogP contribution in [0.1, 0.15) is 70.5 Å². The van der Waals surface area contributed by atoms with E-state index in [1.807, 2.05) is 0 Å². The number of benzene rings is 2. The van der Waals surface area contributed by atoms with Crippen molar-refractivity contribution in [1.29, 1.82) is 0 Å². The Balaban J connectivity index is 0.00000160. The number of nitrogens with zero attached hydrogens (tertiary/aromatic N) is 3. The van der Waals surface area contributed by atoms with Crippen molar-refractivity contribution in [2.24, 2.45) is 9.98 Å². The van der Waals surface area contributed by atoms with Gasteiger partial charge in [-0.2, -0.15) is 52.7 Å². The van der Waals surface area contributed by atoms with Gasteiger partial charge in [0.2, 0.25) is 0 Å². The summed E-state index contributed by atoms with van der Waals surface area (Å²) in [7, 11) is 9.53. The average molecular weight is 764 g/mol. The summed E-state index contributed by atoms with van der Waals surface area (Å²) in [5, 5.41) is 0. The van der Waals surface area contributed by atoms with Crippen molar-refractivity contribution in [1.82, 2.24) is 4.98 Å². The fraction of sp³-hybridized carbons (Fsp3) is 0.345. The number of fused-ring (bicyclic) bond motifs is 2. The van der Waals surface area contributed by atoms with Gasteiger partial charge in [-0.1, -0.05) is 6.07 Å². The number of aryl methyl sites for hydroxylation is 2. The third-order valence-corrected chi connectivity index (χ3v) is 7.12. The van der Waals surface area contributed by atoms with E-state index >= 15 is 0 Å². The van der Waals surface area contributed by atoms with Gasteiger partial charge in [0.05, 0.1) is 56.4 Å². The Labute approximate surface area is 273 Å². The van der Waals surface area contributed by atoms with Crippen molar-refractivity contribution >= 4 is 43.0 Å². The van der Waals surface area contributed by atoms with E-state index in [9.17, 15) is 52.7 Å². The van der Waals surface area contributed by atoms with Gasteiger partial charge in [-0.25, -0.2) is 4.98 Å². The predicted octanol–water partition coefficient (Wildman–Crippen LogP) is 11.4. The molecule has 0 radical (unpaired) electrons. The molecule has 1 aromatic heterocycles. The first-order valence-electron chi connectivity index (χ1n) is 13.3. The molecule has 1 heterocycles. The van der Waals surface area contributed by atoms with Gasteiger partial charge >= 0.3 is 58.0 Å². The summed E-state index contributed by atoms with van der Waals surface area (Å²) in [5.41, 5.74) is -5.68. The Hall–Kier alpha value is -2.81. The molecule has 3 aromatic rings. The van der Waals surface area contributed by atoms with E-state index in [0.29, 0.717) is 61.1 Å². The topological polar surface area (TPSA) is 37.6 Å². The molecule has 0 N–H and O–H groups in total. The molecule has 0 fully saturated rings. The molecule has 5 rings (SSSR count). The van der Waals surface area contributed by atoms with Gasteiger partial charge in [-0.3, -0.25) is 9.98 Å². The summed E-state index contributed by atoms with van der Waals surface area (Å²) < 4.78 is 161. The number of pyridine rings is 1. The Morgan fingerprint density at radius 1 is 0.489 bits per heavy atom. The first kappa shape index (κ1) is 37.0. The Bertz CT molecular complexity index is 1510. The second-order valence-electron chi connectivity index (χ2n) is 10.4. The van der Waals surface area contributed by atoms with Gasteiger partial charge in [0.15, 0.2) is 0 Å². The van der Waals surface area contributed by atoms with Gasteiger partial charge < -0.3 is 0 Å². The number of alkyl halides is 12. The van der Waals surface area contributed by atoms with Crippen LogP contribution in [0.25, 0.3) is 0 Å². The number of aliphatic imine (C=N–C) groups is 2. The van der Waals surface area contributed by atoms with Crippen LogP contribution in [-0.4, -0.2) is 16.4 Å². The zero-order chi connectivity index (χ0) is 34.9. The SMILES string of the molecule is FC(F)(F)c1cc(N=C2CCCc3cc4c(nc32)C(=Nc2cc(C(F)(F)F)cc(C(F)(F)F)c2)CCC4)cc(C(F)(F)F)c1.[Cl][Fe][Cl]. The molecule has 0 unspecified atom stereocenters. The number of hydrogen-bond acceptors (Lipinski definition) is 3. The van der Waals surface area contributed by atoms with Crippen molar-refractivity contribution in [2.75, 3.05) is 0 Å². The van der Waals surface area contributed by atoms with Crippen LogP contribution in [0.2, 0.25) is 0 Å². The first-order valence-corrected chi connectivity index (χ1v) is 16.4. The summed E-state index contributed by atoms with van der Waals surface area (Å²) in [5.74, 6) is 0. The van der Waals surface area contributed by atoms with E-state index in [1.165, 1.54) is 0 Å². The molecule has 2 aromatic carbocycles. The van der Waals surface area contributed by atoms with E-state index in [2.05, 4.69) is 15.0 Å². The van der Waals surface area contributed by atoms with Crippen molar-refractivity contribution in [3.05, 3.63) is 87.2 Å². The minimum atomic E-state index is -5.08. The number of rotatable bonds is 2. The molecule has 47 heavy (non-hydrogen) atoms. The summed E-state index contributed by atoms with van der Waals surface area (Å²) in [4.78, 5) is 12.8. The Kier molecular flexibility index (Phi) is 11.0. The predicted molar refractivity (Wildman–Crippen MR) is 147 cm³/mol. The van der Waals surface area contributed by atoms with Crippen LogP contribution in [0.4, 0.5) is 64.1 Å². The van der Waals surface area contributed by atoms with Gasteiger partial charge in [-0.05, 0) is 86.1 Å². The van der Waals surface area contributed by atoms with Gasteiger partial charge in [0.1, 0.15) is 0 Å². The zero-order valence-electron chi connectivity index (χ0n) is 23.3. The number of halogens is 14. The molecule has 2 aliphatic rings. The Morgan fingerprint density at radius 2 is 0.787 bits per heavy atom. The molecule has 0 spiro atoms. The minimum absolute atomic E-state index is 0.0200. The zero-order valence-corrected chi connectivity index (χ0v) is 25.9. The summed E-state index contributed by atoms with van der Waals surface area (Å²) in [6.07, 6.45) is -18.2. The average Bonchev–Trinajstić information content (AvgIpc) is 2.95. The van der Waals surface area contributed by atoms with E-state index in [1.54, 1.807) is 6.07 Å². The van der Waals surface area contributed by atoms with E-state index in [-0.39, 0.29) is 60.9 Å². The molecule has 0 atom stereocenters. The van der Waals surface area contributed by atoms with Crippen molar-refractivity contribution in [3.8, 4) is 0 Å². The molecule has 0 saturated carbocycles.